The zero-order valence-corrected chi connectivity index (χ0v) is 16.1. The van der Waals surface area contributed by atoms with E-state index in [2.05, 4.69) is 5.32 Å². The Bertz CT molecular complexity index is 893. The second-order valence-electron chi connectivity index (χ2n) is 6.37. The maximum atomic E-state index is 12.4. The Morgan fingerprint density at radius 3 is 2.27 bits per heavy atom. The molecule has 0 aliphatic carbocycles. The van der Waals surface area contributed by atoms with E-state index in [4.69, 9.17) is 0 Å². The third-order valence-corrected chi connectivity index (χ3v) is 6.27. The molecule has 2 rings (SSSR count). The molecule has 0 atom stereocenters. The fraction of sp³-hybridized carbons (Fsp3) is 0.333. The Hall–Kier alpha value is -2.45. The second-order valence-corrected chi connectivity index (χ2v) is 8.37. The summed E-state index contributed by atoms with van der Waals surface area (Å²) >= 11 is 0. The predicted octanol–water partition coefficient (Wildman–Crippen LogP) is 3.54. The Morgan fingerprint density at radius 1 is 1.15 bits per heavy atom. The lowest BCUT2D eigenvalue weighted by Crippen LogP contribution is -2.33. The molecule has 0 amide bonds. The highest BCUT2D eigenvalue weighted by Crippen LogP contribution is 2.22. The van der Waals surface area contributed by atoms with Crippen molar-refractivity contribution in [2.75, 3.05) is 12.4 Å². The number of sulfonamides is 1. The van der Waals surface area contributed by atoms with E-state index in [9.17, 15) is 18.5 Å². The standard InChI is InChI=1S/C18H23N3O4S/c1-13(2)20(4)26(24,25)17-8-5-15(6-9-17)12-19-16-7-10-18(21(22)23)14(3)11-16/h5-11,13,19H,12H2,1-4H3. The van der Waals surface area contributed by atoms with E-state index < -0.39 is 14.9 Å². The van der Waals surface area contributed by atoms with Crippen LogP contribution in [0.5, 0.6) is 0 Å². The van der Waals surface area contributed by atoms with Crippen LogP contribution in [0.3, 0.4) is 0 Å². The van der Waals surface area contributed by atoms with Crippen LogP contribution in [0.4, 0.5) is 11.4 Å². The van der Waals surface area contributed by atoms with Crippen molar-refractivity contribution in [1.82, 2.24) is 4.31 Å². The number of nitro groups is 1. The van der Waals surface area contributed by atoms with E-state index in [0.29, 0.717) is 12.1 Å². The number of hydrogen-bond donors (Lipinski definition) is 1. The van der Waals surface area contributed by atoms with Crippen LogP contribution < -0.4 is 5.32 Å². The van der Waals surface area contributed by atoms with Gasteiger partial charge in [-0.2, -0.15) is 4.31 Å². The molecule has 0 unspecified atom stereocenters. The molecular formula is C18H23N3O4S. The average molecular weight is 377 g/mol. The highest BCUT2D eigenvalue weighted by Gasteiger charge is 2.22. The SMILES string of the molecule is Cc1cc(NCc2ccc(S(=O)(=O)N(C)C(C)C)cc2)ccc1[N+](=O)[O-]. The summed E-state index contributed by atoms with van der Waals surface area (Å²) in [5, 5.41) is 14.0. The fourth-order valence-electron chi connectivity index (χ4n) is 2.40. The van der Waals surface area contributed by atoms with Crippen LogP contribution in [-0.4, -0.2) is 30.7 Å². The smallest absolute Gasteiger partial charge is 0.272 e. The first-order valence-corrected chi connectivity index (χ1v) is 9.63. The molecule has 0 spiro atoms. The van der Waals surface area contributed by atoms with Crippen molar-refractivity contribution in [3.63, 3.8) is 0 Å². The molecule has 0 bridgehead atoms. The predicted molar refractivity (Wildman–Crippen MR) is 102 cm³/mol. The Labute approximate surface area is 153 Å². The van der Waals surface area contributed by atoms with E-state index in [1.165, 1.54) is 10.4 Å². The summed E-state index contributed by atoms with van der Waals surface area (Å²) in [7, 11) is -1.93. The number of anilines is 1. The minimum absolute atomic E-state index is 0.0828. The van der Waals surface area contributed by atoms with Crippen LogP contribution in [-0.2, 0) is 16.6 Å². The summed E-state index contributed by atoms with van der Waals surface area (Å²) in [6, 6.07) is 11.4. The number of nitrogens with zero attached hydrogens (tertiary/aromatic N) is 2. The van der Waals surface area contributed by atoms with Gasteiger partial charge in [0.2, 0.25) is 10.0 Å². The largest absolute Gasteiger partial charge is 0.381 e. The molecule has 2 aromatic rings. The number of rotatable bonds is 7. The topological polar surface area (TPSA) is 92.6 Å². The fourth-order valence-corrected chi connectivity index (χ4v) is 3.77. The Kier molecular flexibility index (Phi) is 5.99. The summed E-state index contributed by atoms with van der Waals surface area (Å²) in [5.41, 5.74) is 2.34. The van der Waals surface area contributed by atoms with E-state index in [1.807, 2.05) is 13.8 Å². The van der Waals surface area contributed by atoms with Crippen LogP contribution in [0.1, 0.15) is 25.0 Å². The number of hydrogen-bond acceptors (Lipinski definition) is 5. The average Bonchev–Trinajstić information content (AvgIpc) is 2.59. The van der Waals surface area contributed by atoms with Crippen molar-refractivity contribution in [2.24, 2.45) is 0 Å². The first-order chi connectivity index (χ1) is 12.1. The van der Waals surface area contributed by atoms with Gasteiger partial charge < -0.3 is 5.32 Å². The summed E-state index contributed by atoms with van der Waals surface area (Å²) in [5.74, 6) is 0. The molecule has 0 fully saturated rings. The lowest BCUT2D eigenvalue weighted by molar-refractivity contribution is -0.385. The molecule has 0 saturated carbocycles. The zero-order valence-electron chi connectivity index (χ0n) is 15.3. The van der Waals surface area contributed by atoms with Gasteiger partial charge in [0.25, 0.3) is 5.69 Å². The number of nitro benzene ring substituents is 1. The second kappa shape index (κ2) is 7.84. The summed E-state index contributed by atoms with van der Waals surface area (Å²) in [6.07, 6.45) is 0. The molecule has 140 valence electrons. The maximum absolute atomic E-state index is 12.4. The van der Waals surface area contributed by atoms with E-state index >= 15 is 0 Å². The van der Waals surface area contributed by atoms with E-state index in [1.54, 1.807) is 50.4 Å². The third-order valence-electron chi connectivity index (χ3n) is 4.22. The van der Waals surface area contributed by atoms with Crippen molar-refractivity contribution in [2.45, 2.75) is 38.3 Å². The molecule has 26 heavy (non-hydrogen) atoms. The lowest BCUT2D eigenvalue weighted by Gasteiger charge is -2.21. The lowest BCUT2D eigenvalue weighted by atomic mass is 10.1. The van der Waals surface area contributed by atoms with Gasteiger partial charge in [-0.15, -0.1) is 0 Å². The molecule has 0 saturated heterocycles. The van der Waals surface area contributed by atoms with Crippen molar-refractivity contribution in [3.05, 3.63) is 63.7 Å². The molecule has 2 aromatic carbocycles. The van der Waals surface area contributed by atoms with Crippen molar-refractivity contribution in [1.29, 1.82) is 0 Å². The van der Waals surface area contributed by atoms with Gasteiger partial charge in [0.15, 0.2) is 0 Å². The molecule has 0 radical (unpaired) electrons. The Morgan fingerprint density at radius 2 is 1.77 bits per heavy atom. The maximum Gasteiger partial charge on any atom is 0.272 e. The van der Waals surface area contributed by atoms with Crippen LogP contribution in [0.2, 0.25) is 0 Å². The Balaban J connectivity index is 2.08. The van der Waals surface area contributed by atoms with Crippen molar-refractivity contribution >= 4 is 21.4 Å². The monoisotopic (exact) mass is 377 g/mol. The van der Waals surface area contributed by atoms with Gasteiger partial charge in [-0.3, -0.25) is 10.1 Å². The van der Waals surface area contributed by atoms with Crippen LogP contribution in [0.25, 0.3) is 0 Å². The first-order valence-electron chi connectivity index (χ1n) is 8.19. The van der Waals surface area contributed by atoms with Gasteiger partial charge in [0.05, 0.1) is 9.82 Å². The van der Waals surface area contributed by atoms with Crippen molar-refractivity contribution < 1.29 is 13.3 Å². The molecule has 7 nitrogen and oxygen atoms in total. The third kappa shape index (κ3) is 4.39. The van der Waals surface area contributed by atoms with Gasteiger partial charge in [-0.1, -0.05) is 12.1 Å². The van der Waals surface area contributed by atoms with Crippen LogP contribution in [0.15, 0.2) is 47.4 Å². The molecule has 0 aliphatic heterocycles. The van der Waals surface area contributed by atoms with Gasteiger partial charge in [0, 0.05) is 37.0 Å². The van der Waals surface area contributed by atoms with Crippen LogP contribution >= 0.6 is 0 Å². The van der Waals surface area contributed by atoms with Gasteiger partial charge >= 0.3 is 0 Å². The van der Waals surface area contributed by atoms with Gasteiger partial charge in [-0.05, 0) is 50.6 Å². The van der Waals surface area contributed by atoms with E-state index in [-0.39, 0.29) is 16.6 Å². The van der Waals surface area contributed by atoms with Crippen molar-refractivity contribution in [3.8, 4) is 0 Å². The molecule has 0 aliphatic rings. The van der Waals surface area contributed by atoms with E-state index in [0.717, 1.165) is 11.3 Å². The number of aryl methyl sites for hydroxylation is 1. The minimum atomic E-state index is -3.49. The highest BCUT2D eigenvalue weighted by atomic mass is 32.2. The normalized spacial score (nSPS) is 11.8. The zero-order chi connectivity index (χ0) is 19.5. The van der Waals surface area contributed by atoms with Gasteiger partial charge in [-0.25, -0.2) is 8.42 Å². The molecule has 0 aromatic heterocycles. The summed E-state index contributed by atoms with van der Waals surface area (Å²) in [6.45, 7) is 5.82. The highest BCUT2D eigenvalue weighted by molar-refractivity contribution is 7.89. The van der Waals surface area contributed by atoms with Gasteiger partial charge in [0.1, 0.15) is 0 Å². The first kappa shape index (κ1) is 19.9. The molecular weight excluding hydrogens is 354 g/mol. The summed E-state index contributed by atoms with van der Waals surface area (Å²) in [4.78, 5) is 10.7. The number of nitrogens with one attached hydrogen (secondary N) is 1. The molecule has 0 heterocycles. The minimum Gasteiger partial charge on any atom is -0.381 e. The summed E-state index contributed by atoms with van der Waals surface area (Å²) < 4.78 is 26.2. The number of benzene rings is 2. The molecule has 1 N–H and O–H groups in total. The molecule has 8 heteroatoms. The quantitative estimate of drug-likeness (QED) is 0.588. The van der Waals surface area contributed by atoms with Crippen LogP contribution in [0, 0.1) is 17.0 Å².